The first-order chi connectivity index (χ1) is 8.95. The van der Waals surface area contributed by atoms with Gasteiger partial charge in [-0.1, -0.05) is 25.9 Å². The molecule has 1 rings (SSSR count). The van der Waals surface area contributed by atoms with Crippen molar-refractivity contribution in [3.05, 3.63) is 5.89 Å². The van der Waals surface area contributed by atoms with E-state index < -0.39 is 0 Å². The molecule has 1 aromatic rings. The molecule has 0 bridgehead atoms. The van der Waals surface area contributed by atoms with E-state index in [0.717, 1.165) is 19.4 Å². The van der Waals surface area contributed by atoms with Crippen LogP contribution >= 0.6 is 0 Å². The summed E-state index contributed by atoms with van der Waals surface area (Å²) in [5, 5.41) is 11.6. The van der Waals surface area contributed by atoms with E-state index in [4.69, 9.17) is 4.42 Å². The average molecular weight is 268 g/mol. The summed E-state index contributed by atoms with van der Waals surface area (Å²) in [5.74, 6) is 1.32. The molecule has 1 N–H and O–H groups in total. The van der Waals surface area contributed by atoms with E-state index in [0.29, 0.717) is 23.9 Å². The monoisotopic (exact) mass is 268 g/mol. The van der Waals surface area contributed by atoms with Crippen molar-refractivity contribution in [1.29, 1.82) is 0 Å². The van der Waals surface area contributed by atoms with Gasteiger partial charge >= 0.3 is 6.01 Å². The minimum absolute atomic E-state index is 0.106. The van der Waals surface area contributed by atoms with Crippen LogP contribution in [0.2, 0.25) is 0 Å². The maximum absolute atomic E-state index is 5.75. The average Bonchev–Trinajstić information content (AvgIpc) is 2.83. The van der Waals surface area contributed by atoms with Crippen LogP contribution in [-0.4, -0.2) is 29.8 Å². The lowest BCUT2D eigenvalue weighted by Gasteiger charge is -2.24. The van der Waals surface area contributed by atoms with E-state index in [1.165, 1.54) is 0 Å². The second-order valence-corrected chi connectivity index (χ2v) is 5.69. The van der Waals surface area contributed by atoms with Gasteiger partial charge in [0.2, 0.25) is 5.89 Å². The molecule has 0 saturated heterocycles. The third-order valence-electron chi connectivity index (χ3n) is 3.28. The highest BCUT2D eigenvalue weighted by atomic mass is 16.4. The van der Waals surface area contributed by atoms with Crippen molar-refractivity contribution in [1.82, 2.24) is 15.5 Å². The highest BCUT2D eigenvalue weighted by Crippen LogP contribution is 2.20. The molecule has 1 aromatic heterocycles. The standard InChI is InChI=1S/C14H28N4O/c1-7-8-15-12(5)13-16-17-14(19-13)18(6)11(4)9-10(2)3/h10-12,15H,7-9H2,1-6H3. The zero-order chi connectivity index (χ0) is 14.4. The van der Waals surface area contributed by atoms with Gasteiger partial charge < -0.3 is 14.6 Å². The fourth-order valence-electron chi connectivity index (χ4n) is 2.02. The molecule has 0 aromatic carbocycles. The van der Waals surface area contributed by atoms with Gasteiger partial charge in [0.25, 0.3) is 0 Å². The van der Waals surface area contributed by atoms with Crippen molar-refractivity contribution in [3.63, 3.8) is 0 Å². The fraction of sp³-hybridized carbons (Fsp3) is 0.857. The lowest BCUT2D eigenvalue weighted by Crippen LogP contribution is -2.30. The Hall–Kier alpha value is -1.10. The maximum atomic E-state index is 5.75. The van der Waals surface area contributed by atoms with Crippen LogP contribution in [-0.2, 0) is 0 Å². The van der Waals surface area contributed by atoms with Gasteiger partial charge in [-0.3, -0.25) is 0 Å². The zero-order valence-electron chi connectivity index (χ0n) is 13.1. The van der Waals surface area contributed by atoms with E-state index in [2.05, 4.69) is 48.1 Å². The lowest BCUT2D eigenvalue weighted by molar-refractivity contribution is 0.404. The first kappa shape index (κ1) is 16.0. The van der Waals surface area contributed by atoms with Crippen LogP contribution in [0.5, 0.6) is 0 Å². The molecule has 0 radical (unpaired) electrons. The molecule has 0 aliphatic heterocycles. The van der Waals surface area contributed by atoms with Gasteiger partial charge in [-0.15, -0.1) is 5.10 Å². The van der Waals surface area contributed by atoms with E-state index in [9.17, 15) is 0 Å². The molecular weight excluding hydrogens is 240 g/mol. The summed E-state index contributed by atoms with van der Waals surface area (Å²) in [7, 11) is 2.01. The molecule has 0 spiro atoms. The molecular formula is C14H28N4O. The van der Waals surface area contributed by atoms with Crippen LogP contribution in [0.4, 0.5) is 6.01 Å². The van der Waals surface area contributed by atoms with Crippen molar-refractivity contribution in [2.75, 3.05) is 18.5 Å². The predicted octanol–water partition coefficient (Wildman–Crippen LogP) is 3.00. The van der Waals surface area contributed by atoms with Gasteiger partial charge in [0.15, 0.2) is 0 Å². The summed E-state index contributed by atoms with van der Waals surface area (Å²) in [6.07, 6.45) is 2.20. The van der Waals surface area contributed by atoms with Crippen LogP contribution in [0.1, 0.15) is 59.4 Å². The molecule has 5 heteroatoms. The first-order valence-electron chi connectivity index (χ1n) is 7.25. The van der Waals surface area contributed by atoms with E-state index in [1.54, 1.807) is 0 Å². The van der Waals surface area contributed by atoms with Crippen molar-refractivity contribution in [2.45, 2.75) is 59.5 Å². The Morgan fingerprint density at radius 1 is 1.21 bits per heavy atom. The Labute approximate surface area is 116 Å². The topological polar surface area (TPSA) is 54.2 Å². The largest absolute Gasteiger partial charge is 0.406 e. The molecule has 0 fully saturated rings. The minimum atomic E-state index is 0.106. The molecule has 0 aliphatic carbocycles. The summed E-state index contributed by atoms with van der Waals surface area (Å²) in [6, 6.07) is 1.11. The smallest absolute Gasteiger partial charge is 0.318 e. The van der Waals surface area contributed by atoms with Crippen molar-refractivity contribution in [2.24, 2.45) is 5.92 Å². The quantitative estimate of drug-likeness (QED) is 0.785. The van der Waals surface area contributed by atoms with Gasteiger partial charge in [0.05, 0.1) is 6.04 Å². The molecule has 0 saturated carbocycles. The SMILES string of the molecule is CCCNC(C)c1nnc(N(C)C(C)CC(C)C)o1. The van der Waals surface area contributed by atoms with Crippen LogP contribution in [0, 0.1) is 5.92 Å². The second-order valence-electron chi connectivity index (χ2n) is 5.69. The lowest BCUT2D eigenvalue weighted by atomic mass is 10.0. The van der Waals surface area contributed by atoms with Gasteiger partial charge in [-0.2, -0.15) is 0 Å². The van der Waals surface area contributed by atoms with Gasteiger partial charge in [-0.05, 0) is 39.2 Å². The van der Waals surface area contributed by atoms with Crippen LogP contribution in [0.15, 0.2) is 4.42 Å². The molecule has 0 aliphatic rings. The molecule has 0 amide bonds. The predicted molar refractivity (Wildman–Crippen MR) is 78.3 cm³/mol. The first-order valence-corrected chi connectivity index (χ1v) is 7.25. The number of rotatable bonds is 8. The molecule has 1 heterocycles. The van der Waals surface area contributed by atoms with Crippen molar-refractivity contribution >= 4 is 6.01 Å². The maximum Gasteiger partial charge on any atom is 0.318 e. The Bertz CT molecular complexity index is 364. The third kappa shape index (κ3) is 4.82. The Morgan fingerprint density at radius 3 is 2.47 bits per heavy atom. The van der Waals surface area contributed by atoms with Gasteiger partial charge in [0.1, 0.15) is 0 Å². The van der Waals surface area contributed by atoms with Gasteiger partial charge in [0, 0.05) is 13.1 Å². The number of aromatic nitrogens is 2. The number of hydrogen-bond acceptors (Lipinski definition) is 5. The Balaban J connectivity index is 2.62. The number of nitrogens with one attached hydrogen (secondary N) is 1. The summed E-state index contributed by atoms with van der Waals surface area (Å²) in [5.41, 5.74) is 0. The number of nitrogens with zero attached hydrogens (tertiary/aromatic N) is 3. The van der Waals surface area contributed by atoms with Crippen molar-refractivity contribution in [3.8, 4) is 0 Å². The summed E-state index contributed by atoms with van der Waals surface area (Å²) < 4.78 is 5.75. The normalized spacial score (nSPS) is 14.7. The number of anilines is 1. The minimum Gasteiger partial charge on any atom is -0.406 e. The number of hydrogen-bond donors (Lipinski definition) is 1. The molecule has 19 heavy (non-hydrogen) atoms. The van der Waals surface area contributed by atoms with Gasteiger partial charge in [-0.25, -0.2) is 0 Å². The highest BCUT2D eigenvalue weighted by molar-refractivity contribution is 5.24. The highest BCUT2D eigenvalue weighted by Gasteiger charge is 2.19. The van der Waals surface area contributed by atoms with E-state index >= 15 is 0 Å². The summed E-state index contributed by atoms with van der Waals surface area (Å²) >= 11 is 0. The second kappa shape index (κ2) is 7.48. The molecule has 110 valence electrons. The Kier molecular flexibility index (Phi) is 6.28. The molecule has 2 unspecified atom stereocenters. The Morgan fingerprint density at radius 2 is 1.89 bits per heavy atom. The summed E-state index contributed by atoms with van der Waals surface area (Å²) in [4.78, 5) is 2.06. The van der Waals surface area contributed by atoms with Crippen LogP contribution in [0.25, 0.3) is 0 Å². The van der Waals surface area contributed by atoms with E-state index in [-0.39, 0.29) is 6.04 Å². The molecule has 2 atom stereocenters. The van der Waals surface area contributed by atoms with Crippen LogP contribution < -0.4 is 10.2 Å². The fourth-order valence-corrected chi connectivity index (χ4v) is 2.02. The van der Waals surface area contributed by atoms with Crippen LogP contribution in [0.3, 0.4) is 0 Å². The van der Waals surface area contributed by atoms with Crippen molar-refractivity contribution < 1.29 is 4.42 Å². The summed E-state index contributed by atoms with van der Waals surface area (Å²) in [6.45, 7) is 11.8. The molecule has 5 nitrogen and oxygen atoms in total. The third-order valence-corrected chi connectivity index (χ3v) is 3.28. The van der Waals surface area contributed by atoms with E-state index in [1.807, 2.05) is 14.0 Å². The zero-order valence-corrected chi connectivity index (χ0v) is 13.1.